The molecule has 0 spiro atoms. The van der Waals surface area contributed by atoms with Crippen molar-refractivity contribution >= 4 is 5.91 Å². The molecule has 0 radical (unpaired) electrons. The quantitative estimate of drug-likeness (QED) is 0.917. The molecule has 2 aromatic carbocycles. The fourth-order valence-corrected chi connectivity index (χ4v) is 2.82. The summed E-state index contributed by atoms with van der Waals surface area (Å²) >= 11 is 0. The van der Waals surface area contributed by atoms with E-state index in [0.29, 0.717) is 31.1 Å². The first-order valence-electron chi connectivity index (χ1n) is 7.90. The van der Waals surface area contributed by atoms with E-state index in [2.05, 4.69) is 5.32 Å². The smallest absolute Gasteiger partial charge is 0.227 e. The Morgan fingerprint density at radius 1 is 1.17 bits per heavy atom. The minimum Gasteiger partial charge on any atom is -0.493 e. The van der Waals surface area contributed by atoms with Gasteiger partial charge in [0.05, 0.1) is 20.1 Å². The Bertz CT molecular complexity index is 729. The minimum atomic E-state index is -0.167. The third-order valence-corrected chi connectivity index (χ3v) is 4.16. The van der Waals surface area contributed by atoms with Crippen LogP contribution in [-0.4, -0.2) is 26.7 Å². The highest BCUT2D eigenvalue weighted by Crippen LogP contribution is 2.28. The maximum atomic E-state index is 12.4. The number of ether oxygens (including phenoxy) is 3. The second-order valence-electron chi connectivity index (χ2n) is 5.73. The van der Waals surface area contributed by atoms with Crippen LogP contribution in [0.15, 0.2) is 42.5 Å². The van der Waals surface area contributed by atoms with Crippen LogP contribution in [0.3, 0.4) is 0 Å². The van der Waals surface area contributed by atoms with Gasteiger partial charge in [-0.25, -0.2) is 0 Å². The largest absolute Gasteiger partial charge is 0.493 e. The van der Waals surface area contributed by atoms with Gasteiger partial charge in [0.25, 0.3) is 0 Å². The summed E-state index contributed by atoms with van der Waals surface area (Å²) in [6.45, 7) is 0.853. The lowest BCUT2D eigenvalue weighted by Gasteiger charge is -2.24. The number of hydrogen-bond donors (Lipinski definition) is 1. The minimum absolute atomic E-state index is 0.000659. The van der Waals surface area contributed by atoms with Crippen molar-refractivity contribution in [3.05, 3.63) is 53.6 Å². The number of nitrogens with one attached hydrogen (secondary N) is 1. The fourth-order valence-electron chi connectivity index (χ4n) is 2.82. The molecule has 24 heavy (non-hydrogen) atoms. The first-order valence-corrected chi connectivity index (χ1v) is 7.90. The van der Waals surface area contributed by atoms with Crippen molar-refractivity contribution in [3.63, 3.8) is 0 Å². The average Bonchev–Trinajstić information content (AvgIpc) is 2.65. The third-order valence-electron chi connectivity index (χ3n) is 4.16. The molecule has 126 valence electrons. The van der Waals surface area contributed by atoms with Crippen LogP contribution in [0.5, 0.6) is 17.2 Å². The van der Waals surface area contributed by atoms with Gasteiger partial charge in [-0.05, 0) is 35.7 Å². The van der Waals surface area contributed by atoms with E-state index in [1.54, 1.807) is 14.2 Å². The number of hydrogen-bond acceptors (Lipinski definition) is 4. The third kappa shape index (κ3) is 3.45. The van der Waals surface area contributed by atoms with Crippen LogP contribution >= 0.6 is 0 Å². The van der Waals surface area contributed by atoms with Gasteiger partial charge >= 0.3 is 0 Å². The van der Waals surface area contributed by atoms with Gasteiger partial charge in [0.1, 0.15) is 12.4 Å². The Kier molecular flexibility index (Phi) is 4.89. The molecule has 0 unspecified atom stereocenters. The zero-order valence-electron chi connectivity index (χ0n) is 13.9. The fraction of sp³-hybridized carbons (Fsp3) is 0.316. The van der Waals surface area contributed by atoms with Crippen LogP contribution in [0.4, 0.5) is 0 Å². The molecule has 1 amide bonds. The van der Waals surface area contributed by atoms with Crippen LogP contribution in [0.2, 0.25) is 0 Å². The molecule has 1 heterocycles. The van der Waals surface area contributed by atoms with Crippen molar-refractivity contribution in [1.29, 1.82) is 0 Å². The van der Waals surface area contributed by atoms with Crippen molar-refractivity contribution in [1.82, 2.24) is 5.32 Å². The van der Waals surface area contributed by atoms with E-state index in [0.717, 1.165) is 16.9 Å². The summed E-state index contributed by atoms with van der Waals surface area (Å²) in [5.41, 5.74) is 2.04. The molecule has 1 atom stereocenters. The van der Waals surface area contributed by atoms with Crippen LogP contribution in [0.25, 0.3) is 0 Å². The van der Waals surface area contributed by atoms with Crippen LogP contribution in [0, 0.1) is 5.92 Å². The van der Waals surface area contributed by atoms with Gasteiger partial charge in [0.2, 0.25) is 5.91 Å². The molecule has 0 fully saturated rings. The van der Waals surface area contributed by atoms with Gasteiger partial charge in [-0.3, -0.25) is 4.79 Å². The van der Waals surface area contributed by atoms with E-state index < -0.39 is 0 Å². The molecule has 0 aromatic heterocycles. The van der Waals surface area contributed by atoms with E-state index in [1.807, 2.05) is 42.5 Å². The van der Waals surface area contributed by atoms with E-state index >= 15 is 0 Å². The zero-order valence-corrected chi connectivity index (χ0v) is 13.9. The normalized spacial score (nSPS) is 15.8. The molecule has 3 rings (SSSR count). The van der Waals surface area contributed by atoms with Crippen LogP contribution in [-0.2, 0) is 17.8 Å². The number of benzene rings is 2. The first kappa shape index (κ1) is 16.2. The summed E-state index contributed by atoms with van der Waals surface area (Å²) < 4.78 is 16.2. The van der Waals surface area contributed by atoms with E-state index in [9.17, 15) is 4.79 Å². The SMILES string of the molecule is COc1ccc(CNC(=O)[C@H]2COc3ccccc3C2)cc1OC. The number of fused-ring (bicyclic) bond motifs is 1. The molecule has 0 saturated heterocycles. The number of carbonyl (C=O) groups is 1. The van der Waals surface area contributed by atoms with E-state index in [1.165, 1.54) is 0 Å². The Morgan fingerprint density at radius 2 is 1.96 bits per heavy atom. The predicted molar refractivity (Wildman–Crippen MR) is 90.5 cm³/mol. The van der Waals surface area contributed by atoms with Crippen molar-refractivity contribution in [2.24, 2.45) is 5.92 Å². The average molecular weight is 327 g/mol. The van der Waals surface area contributed by atoms with E-state index in [-0.39, 0.29) is 11.8 Å². The molecular weight excluding hydrogens is 306 g/mol. The Morgan fingerprint density at radius 3 is 2.75 bits per heavy atom. The Labute approximate surface area is 141 Å². The van der Waals surface area contributed by atoms with Crippen LogP contribution in [0.1, 0.15) is 11.1 Å². The van der Waals surface area contributed by atoms with E-state index in [4.69, 9.17) is 14.2 Å². The molecule has 1 aliphatic rings. The second-order valence-corrected chi connectivity index (χ2v) is 5.73. The summed E-state index contributed by atoms with van der Waals surface area (Å²) in [5, 5.41) is 2.97. The Hall–Kier alpha value is -2.69. The summed E-state index contributed by atoms with van der Waals surface area (Å²) in [6.07, 6.45) is 0.702. The maximum Gasteiger partial charge on any atom is 0.227 e. The van der Waals surface area contributed by atoms with Crippen LogP contribution < -0.4 is 19.5 Å². The second kappa shape index (κ2) is 7.25. The monoisotopic (exact) mass is 327 g/mol. The molecule has 0 aliphatic carbocycles. The molecular formula is C19H21NO4. The predicted octanol–water partition coefficient (Wildman–Crippen LogP) is 2.57. The van der Waals surface area contributed by atoms with Gasteiger partial charge < -0.3 is 19.5 Å². The first-order chi connectivity index (χ1) is 11.7. The lowest BCUT2D eigenvalue weighted by molar-refractivity contribution is -0.126. The lowest BCUT2D eigenvalue weighted by atomic mass is 9.96. The van der Waals surface area contributed by atoms with Crippen molar-refractivity contribution in [2.75, 3.05) is 20.8 Å². The highest BCUT2D eigenvalue weighted by Gasteiger charge is 2.25. The van der Waals surface area contributed by atoms with Gasteiger partial charge in [-0.15, -0.1) is 0 Å². The standard InChI is InChI=1S/C19H21NO4/c1-22-17-8-7-13(9-18(17)23-2)11-20-19(21)15-10-14-5-3-4-6-16(14)24-12-15/h3-9,15H,10-12H2,1-2H3,(H,20,21)/t15-/m1/s1. The molecule has 1 aliphatic heterocycles. The van der Waals surface area contributed by atoms with Gasteiger partial charge in [-0.2, -0.15) is 0 Å². The van der Waals surface area contributed by atoms with Crippen molar-refractivity contribution < 1.29 is 19.0 Å². The molecule has 5 nitrogen and oxygen atoms in total. The molecule has 2 aromatic rings. The number of rotatable bonds is 5. The summed E-state index contributed by atoms with van der Waals surface area (Å²) in [6, 6.07) is 13.5. The maximum absolute atomic E-state index is 12.4. The molecule has 5 heteroatoms. The van der Waals surface area contributed by atoms with Crippen molar-refractivity contribution in [3.8, 4) is 17.2 Å². The highest BCUT2D eigenvalue weighted by atomic mass is 16.5. The topological polar surface area (TPSA) is 56.8 Å². The molecule has 0 saturated carbocycles. The van der Waals surface area contributed by atoms with Gasteiger partial charge in [0, 0.05) is 6.54 Å². The highest BCUT2D eigenvalue weighted by molar-refractivity contribution is 5.79. The molecule has 0 bridgehead atoms. The number of para-hydroxylation sites is 1. The lowest BCUT2D eigenvalue weighted by Crippen LogP contribution is -2.37. The van der Waals surface area contributed by atoms with Gasteiger partial charge in [0.15, 0.2) is 11.5 Å². The summed E-state index contributed by atoms with van der Waals surface area (Å²) in [7, 11) is 3.19. The number of amides is 1. The zero-order chi connectivity index (χ0) is 16.9. The summed E-state index contributed by atoms with van der Waals surface area (Å²) in [5.74, 6) is 2.03. The van der Waals surface area contributed by atoms with Crippen molar-refractivity contribution in [2.45, 2.75) is 13.0 Å². The summed E-state index contributed by atoms with van der Waals surface area (Å²) in [4.78, 5) is 12.4. The Balaban J connectivity index is 1.60. The number of methoxy groups -OCH3 is 2. The number of carbonyl (C=O) groups excluding carboxylic acids is 1. The molecule has 1 N–H and O–H groups in total. The van der Waals surface area contributed by atoms with Gasteiger partial charge in [-0.1, -0.05) is 24.3 Å².